The maximum atomic E-state index is 12.3. The summed E-state index contributed by atoms with van der Waals surface area (Å²) in [5, 5.41) is 3.51. The second kappa shape index (κ2) is 6.13. The summed E-state index contributed by atoms with van der Waals surface area (Å²) in [6, 6.07) is 3.75. The molecule has 0 unspecified atom stereocenters. The lowest BCUT2D eigenvalue weighted by Crippen LogP contribution is -2.39. The minimum absolute atomic E-state index is 0.0336. The topological polar surface area (TPSA) is 42.0 Å². The summed E-state index contributed by atoms with van der Waals surface area (Å²) in [7, 11) is 0. The second-order valence-corrected chi connectivity index (χ2v) is 6.82. The number of aryl methyl sites for hydroxylation is 1. The number of carbonyl (C=O) groups excluding carboxylic acids is 1. The predicted molar refractivity (Wildman–Crippen MR) is 82.1 cm³/mol. The number of amides is 1. The van der Waals surface area contributed by atoms with Gasteiger partial charge in [-0.2, -0.15) is 0 Å². The van der Waals surface area contributed by atoms with Crippen LogP contribution in [-0.2, 0) is 6.42 Å². The largest absolute Gasteiger partial charge is 0.349 e. The zero-order valence-corrected chi connectivity index (χ0v) is 13.3. The predicted octanol–water partition coefficient (Wildman–Crippen LogP) is 4.00. The van der Waals surface area contributed by atoms with Gasteiger partial charge in [-0.3, -0.25) is 4.79 Å². The average molecular weight is 295 g/mol. The van der Waals surface area contributed by atoms with E-state index in [0.29, 0.717) is 16.1 Å². The van der Waals surface area contributed by atoms with E-state index in [0.717, 1.165) is 37.8 Å². The minimum atomic E-state index is -0.0336. The Morgan fingerprint density at radius 1 is 1.40 bits per heavy atom. The summed E-state index contributed by atoms with van der Waals surface area (Å²) in [5.41, 5.74) is 1.88. The highest BCUT2D eigenvalue weighted by atomic mass is 35.5. The van der Waals surface area contributed by atoms with E-state index in [1.54, 1.807) is 6.07 Å². The van der Waals surface area contributed by atoms with Gasteiger partial charge < -0.3 is 5.32 Å². The molecule has 1 N–H and O–H groups in total. The lowest BCUT2D eigenvalue weighted by Gasteiger charge is -2.34. The highest BCUT2D eigenvalue weighted by Gasteiger charge is 2.27. The van der Waals surface area contributed by atoms with Crippen LogP contribution >= 0.6 is 11.6 Å². The third-order valence-corrected chi connectivity index (χ3v) is 4.34. The molecule has 1 saturated carbocycles. The summed E-state index contributed by atoms with van der Waals surface area (Å²) in [4.78, 5) is 16.5. The first-order chi connectivity index (χ1) is 9.39. The van der Waals surface area contributed by atoms with Gasteiger partial charge in [0.1, 0.15) is 5.15 Å². The Bertz CT molecular complexity index is 489. The van der Waals surface area contributed by atoms with E-state index in [4.69, 9.17) is 11.6 Å². The van der Waals surface area contributed by atoms with Crippen molar-refractivity contribution >= 4 is 17.5 Å². The number of nitrogens with zero attached hydrogens (tertiary/aromatic N) is 1. The zero-order chi connectivity index (χ0) is 14.8. The normalized spacial score (nSPS) is 18.8. The minimum Gasteiger partial charge on any atom is -0.349 e. The number of halogens is 1. The fraction of sp³-hybridized carbons (Fsp3) is 0.625. The SMILES string of the molecule is CCc1cc(C(=O)NC2CCC(C)(C)CC2)cc(Cl)n1. The molecule has 4 heteroatoms. The molecule has 0 bridgehead atoms. The lowest BCUT2D eigenvalue weighted by molar-refractivity contribution is 0.0909. The van der Waals surface area contributed by atoms with Crippen LogP contribution in [0.15, 0.2) is 12.1 Å². The fourth-order valence-electron chi connectivity index (χ4n) is 2.68. The standard InChI is InChI=1S/C16H23ClN2O/c1-4-12-9-11(10-14(17)18-12)15(20)19-13-5-7-16(2,3)8-6-13/h9-10,13H,4-8H2,1-3H3,(H,19,20). The van der Waals surface area contributed by atoms with E-state index in [9.17, 15) is 4.79 Å². The van der Waals surface area contributed by atoms with Crippen LogP contribution in [-0.4, -0.2) is 16.9 Å². The van der Waals surface area contributed by atoms with Gasteiger partial charge in [-0.05, 0) is 49.7 Å². The Labute approximate surface area is 126 Å². The Balaban J connectivity index is 2.00. The molecule has 0 radical (unpaired) electrons. The van der Waals surface area contributed by atoms with E-state index < -0.39 is 0 Å². The number of aromatic nitrogens is 1. The lowest BCUT2D eigenvalue weighted by atomic mass is 9.75. The number of nitrogens with one attached hydrogen (secondary N) is 1. The number of pyridine rings is 1. The summed E-state index contributed by atoms with van der Waals surface area (Å²) in [6.07, 6.45) is 5.21. The molecule has 2 rings (SSSR count). The molecule has 1 fully saturated rings. The highest BCUT2D eigenvalue weighted by molar-refractivity contribution is 6.29. The number of rotatable bonds is 3. The van der Waals surface area contributed by atoms with Crippen molar-refractivity contribution in [1.82, 2.24) is 10.3 Å². The first-order valence-electron chi connectivity index (χ1n) is 7.37. The van der Waals surface area contributed by atoms with E-state index in [2.05, 4.69) is 24.1 Å². The Morgan fingerprint density at radius 3 is 2.65 bits per heavy atom. The molecule has 1 aliphatic rings. The van der Waals surface area contributed by atoms with Gasteiger partial charge in [0.05, 0.1) is 0 Å². The fourth-order valence-corrected chi connectivity index (χ4v) is 2.90. The highest BCUT2D eigenvalue weighted by Crippen LogP contribution is 2.35. The van der Waals surface area contributed by atoms with Crippen LogP contribution in [0.1, 0.15) is 62.5 Å². The third kappa shape index (κ3) is 3.95. The van der Waals surface area contributed by atoms with Crippen LogP contribution in [0.2, 0.25) is 5.15 Å². The van der Waals surface area contributed by atoms with Gasteiger partial charge in [-0.15, -0.1) is 0 Å². The number of carbonyl (C=O) groups is 1. The molecule has 1 aliphatic carbocycles. The molecule has 1 aromatic rings. The molecule has 20 heavy (non-hydrogen) atoms. The molecule has 1 heterocycles. The van der Waals surface area contributed by atoms with Crippen LogP contribution < -0.4 is 5.32 Å². The Kier molecular flexibility index (Phi) is 4.69. The molecular weight excluding hydrogens is 272 g/mol. The molecule has 1 aromatic heterocycles. The maximum Gasteiger partial charge on any atom is 0.251 e. The van der Waals surface area contributed by atoms with Crippen molar-refractivity contribution in [2.75, 3.05) is 0 Å². The monoisotopic (exact) mass is 294 g/mol. The Morgan fingerprint density at radius 2 is 2.05 bits per heavy atom. The third-order valence-electron chi connectivity index (χ3n) is 4.15. The summed E-state index contributed by atoms with van der Waals surface area (Å²) >= 11 is 5.96. The quantitative estimate of drug-likeness (QED) is 0.856. The molecule has 0 aromatic carbocycles. The molecule has 0 atom stereocenters. The molecule has 1 amide bonds. The van der Waals surface area contributed by atoms with Crippen molar-refractivity contribution in [2.45, 2.75) is 58.9 Å². The van der Waals surface area contributed by atoms with Gasteiger partial charge in [0.2, 0.25) is 0 Å². The summed E-state index contributed by atoms with van der Waals surface area (Å²) in [6.45, 7) is 6.59. The smallest absolute Gasteiger partial charge is 0.251 e. The summed E-state index contributed by atoms with van der Waals surface area (Å²) in [5.74, 6) is -0.0336. The zero-order valence-electron chi connectivity index (χ0n) is 12.5. The van der Waals surface area contributed by atoms with E-state index in [1.165, 1.54) is 0 Å². The van der Waals surface area contributed by atoms with Crippen molar-refractivity contribution in [3.8, 4) is 0 Å². The molecule has 110 valence electrons. The molecular formula is C16H23ClN2O. The maximum absolute atomic E-state index is 12.3. The van der Waals surface area contributed by atoms with E-state index in [1.807, 2.05) is 13.0 Å². The van der Waals surface area contributed by atoms with Crippen LogP contribution in [0.3, 0.4) is 0 Å². The van der Waals surface area contributed by atoms with Gasteiger partial charge in [0, 0.05) is 17.3 Å². The van der Waals surface area contributed by atoms with Gasteiger partial charge in [0.15, 0.2) is 0 Å². The van der Waals surface area contributed by atoms with Gasteiger partial charge in [-0.1, -0.05) is 32.4 Å². The molecule has 3 nitrogen and oxygen atoms in total. The van der Waals surface area contributed by atoms with Crippen molar-refractivity contribution in [3.05, 3.63) is 28.5 Å². The van der Waals surface area contributed by atoms with E-state index >= 15 is 0 Å². The Hall–Kier alpha value is -1.09. The van der Waals surface area contributed by atoms with Crippen LogP contribution in [0.25, 0.3) is 0 Å². The van der Waals surface area contributed by atoms with Crippen LogP contribution in [0, 0.1) is 5.41 Å². The van der Waals surface area contributed by atoms with Gasteiger partial charge >= 0.3 is 0 Å². The first kappa shape index (κ1) is 15.3. The van der Waals surface area contributed by atoms with Crippen LogP contribution in [0.5, 0.6) is 0 Å². The first-order valence-corrected chi connectivity index (χ1v) is 7.75. The molecule has 0 spiro atoms. The number of hydrogen-bond donors (Lipinski definition) is 1. The van der Waals surface area contributed by atoms with Crippen molar-refractivity contribution < 1.29 is 4.79 Å². The van der Waals surface area contributed by atoms with Crippen molar-refractivity contribution in [3.63, 3.8) is 0 Å². The van der Waals surface area contributed by atoms with Gasteiger partial charge in [0.25, 0.3) is 5.91 Å². The molecule has 0 aliphatic heterocycles. The summed E-state index contributed by atoms with van der Waals surface area (Å²) < 4.78 is 0. The van der Waals surface area contributed by atoms with Crippen molar-refractivity contribution in [2.24, 2.45) is 5.41 Å². The van der Waals surface area contributed by atoms with Crippen LogP contribution in [0.4, 0.5) is 0 Å². The van der Waals surface area contributed by atoms with Crippen molar-refractivity contribution in [1.29, 1.82) is 0 Å². The average Bonchev–Trinajstić information content (AvgIpc) is 2.40. The molecule has 0 saturated heterocycles. The number of hydrogen-bond acceptors (Lipinski definition) is 2. The van der Waals surface area contributed by atoms with E-state index in [-0.39, 0.29) is 11.9 Å². The second-order valence-electron chi connectivity index (χ2n) is 6.44. The van der Waals surface area contributed by atoms with Gasteiger partial charge in [-0.25, -0.2) is 4.98 Å².